The van der Waals surface area contributed by atoms with Gasteiger partial charge in [-0.3, -0.25) is 0 Å². The van der Waals surface area contributed by atoms with Crippen molar-refractivity contribution < 1.29 is 0 Å². The Morgan fingerprint density at radius 2 is 1.27 bits per heavy atom. The number of nitrogen functional groups attached to an aromatic ring is 2. The number of nitrogens with two attached hydrogens (primary N) is 2. The first-order chi connectivity index (χ1) is 6.99. The number of rotatable bonds is 0. The van der Waals surface area contributed by atoms with Gasteiger partial charge in [0.2, 0.25) is 0 Å². The van der Waals surface area contributed by atoms with Gasteiger partial charge in [-0.25, -0.2) is 0 Å². The van der Waals surface area contributed by atoms with Crippen molar-refractivity contribution in [2.24, 2.45) is 5.41 Å². The molecule has 0 aromatic heterocycles. The van der Waals surface area contributed by atoms with Crippen LogP contribution in [0.1, 0.15) is 25.0 Å². The van der Waals surface area contributed by atoms with Gasteiger partial charge in [-0.15, -0.1) is 0 Å². The maximum Gasteiger partial charge on any atom is 0.0395 e. The number of anilines is 2. The maximum absolute atomic E-state index is 5.93. The zero-order chi connectivity index (χ0) is 11.1. The smallest absolute Gasteiger partial charge is 0.0395 e. The van der Waals surface area contributed by atoms with Crippen LogP contribution in [0.15, 0.2) is 24.3 Å². The molecule has 0 spiro atoms. The minimum Gasteiger partial charge on any atom is -0.398 e. The molecule has 4 N–H and O–H groups in total. The molecule has 1 aromatic rings. The third-order valence-electron chi connectivity index (χ3n) is 2.71. The normalized spacial score (nSPS) is 17.2. The zero-order valence-electron chi connectivity index (χ0n) is 9.12. The van der Waals surface area contributed by atoms with Crippen molar-refractivity contribution in [2.45, 2.75) is 13.8 Å². The fourth-order valence-electron chi connectivity index (χ4n) is 1.69. The molecule has 2 heteroatoms. The van der Waals surface area contributed by atoms with Gasteiger partial charge in [0.25, 0.3) is 0 Å². The second-order valence-corrected chi connectivity index (χ2v) is 4.56. The summed E-state index contributed by atoms with van der Waals surface area (Å²) >= 11 is 0. The summed E-state index contributed by atoms with van der Waals surface area (Å²) in [5.41, 5.74) is 15.5. The van der Waals surface area contributed by atoms with Gasteiger partial charge in [0, 0.05) is 27.9 Å². The molecule has 0 fully saturated rings. The quantitative estimate of drug-likeness (QED) is 0.633. The predicted molar refractivity (Wildman–Crippen MR) is 67.1 cm³/mol. The molecule has 2 rings (SSSR count). The van der Waals surface area contributed by atoms with Gasteiger partial charge >= 0.3 is 0 Å². The minimum atomic E-state index is 0.0535. The van der Waals surface area contributed by atoms with Crippen molar-refractivity contribution in [3.8, 4) is 0 Å². The average Bonchev–Trinajstić information content (AvgIpc) is 2.32. The summed E-state index contributed by atoms with van der Waals surface area (Å²) in [4.78, 5) is 0. The second-order valence-electron chi connectivity index (χ2n) is 4.56. The van der Waals surface area contributed by atoms with E-state index in [1.54, 1.807) is 0 Å². The Labute approximate surface area is 90.3 Å². The van der Waals surface area contributed by atoms with Gasteiger partial charge in [0.15, 0.2) is 0 Å². The fraction of sp³-hybridized carbons (Fsp3) is 0.231. The highest BCUT2D eigenvalue weighted by atomic mass is 14.6. The van der Waals surface area contributed by atoms with E-state index in [9.17, 15) is 0 Å². The fourth-order valence-corrected chi connectivity index (χ4v) is 1.69. The van der Waals surface area contributed by atoms with Gasteiger partial charge in [-0.05, 0) is 12.1 Å². The van der Waals surface area contributed by atoms with Crippen molar-refractivity contribution in [3.05, 3.63) is 35.4 Å². The number of benzene rings is 1. The van der Waals surface area contributed by atoms with Crippen LogP contribution < -0.4 is 11.5 Å². The summed E-state index contributed by atoms with van der Waals surface area (Å²) < 4.78 is 0. The molecule has 78 valence electrons. The molecule has 0 unspecified atom stereocenters. The Morgan fingerprint density at radius 1 is 0.867 bits per heavy atom. The van der Waals surface area contributed by atoms with Crippen molar-refractivity contribution in [1.82, 2.24) is 0 Å². The van der Waals surface area contributed by atoms with Crippen LogP contribution in [0.2, 0.25) is 0 Å². The third kappa shape index (κ3) is 1.75. The molecule has 1 aliphatic carbocycles. The van der Waals surface area contributed by atoms with E-state index >= 15 is 0 Å². The largest absolute Gasteiger partial charge is 0.398 e. The lowest BCUT2D eigenvalue weighted by atomic mass is 9.93. The molecular formula is C13H16N2. The van der Waals surface area contributed by atoms with E-state index < -0.39 is 0 Å². The molecule has 0 saturated carbocycles. The van der Waals surface area contributed by atoms with E-state index in [4.69, 9.17) is 11.5 Å². The molecule has 1 aromatic carbocycles. The summed E-state index contributed by atoms with van der Waals surface area (Å²) in [5, 5.41) is 0. The Morgan fingerprint density at radius 3 is 1.67 bits per heavy atom. The molecular weight excluding hydrogens is 184 g/mol. The molecule has 0 amide bonds. The van der Waals surface area contributed by atoms with E-state index in [1.807, 2.05) is 12.1 Å². The number of hydrogen-bond donors (Lipinski definition) is 2. The predicted octanol–water partition coefficient (Wildman–Crippen LogP) is 2.92. The lowest BCUT2D eigenvalue weighted by molar-refractivity contribution is 0.633. The van der Waals surface area contributed by atoms with Gasteiger partial charge in [0.05, 0.1) is 0 Å². The van der Waals surface area contributed by atoms with Crippen LogP contribution in [0.5, 0.6) is 0 Å². The van der Waals surface area contributed by atoms with Crippen LogP contribution in [-0.2, 0) is 0 Å². The molecule has 0 atom stereocenters. The van der Waals surface area contributed by atoms with Crippen LogP contribution in [0.3, 0.4) is 0 Å². The second kappa shape index (κ2) is 3.16. The highest BCUT2D eigenvalue weighted by Crippen LogP contribution is 2.33. The third-order valence-corrected chi connectivity index (χ3v) is 2.71. The molecule has 0 aliphatic heterocycles. The Bertz CT molecular complexity index is 413. The lowest BCUT2D eigenvalue weighted by Gasteiger charge is -2.12. The Hall–Kier alpha value is -1.70. The molecule has 0 bridgehead atoms. The van der Waals surface area contributed by atoms with Crippen molar-refractivity contribution >= 4 is 23.5 Å². The molecule has 1 aliphatic rings. The minimum absolute atomic E-state index is 0.0535. The Kier molecular flexibility index (Phi) is 2.07. The average molecular weight is 200 g/mol. The maximum atomic E-state index is 5.93. The van der Waals surface area contributed by atoms with E-state index in [0.717, 1.165) is 22.5 Å². The SMILES string of the molecule is CC1(C)C=Cc2c(N)ccc(N)c2C=C1. The van der Waals surface area contributed by atoms with Gasteiger partial charge in [-0.2, -0.15) is 0 Å². The zero-order valence-corrected chi connectivity index (χ0v) is 9.12. The summed E-state index contributed by atoms with van der Waals surface area (Å²) in [5.74, 6) is 0. The summed E-state index contributed by atoms with van der Waals surface area (Å²) in [6, 6.07) is 3.70. The van der Waals surface area contributed by atoms with Crippen LogP contribution >= 0.6 is 0 Å². The van der Waals surface area contributed by atoms with Crippen LogP contribution in [0.4, 0.5) is 11.4 Å². The van der Waals surface area contributed by atoms with E-state index in [-0.39, 0.29) is 5.41 Å². The summed E-state index contributed by atoms with van der Waals surface area (Å²) in [6.07, 6.45) is 8.40. The molecule has 0 saturated heterocycles. The summed E-state index contributed by atoms with van der Waals surface area (Å²) in [6.45, 7) is 4.30. The van der Waals surface area contributed by atoms with Gasteiger partial charge in [0.1, 0.15) is 0 Å². The first-order valence-corrected chi connectivity index (χ1v) is 5.06. The molecule has 2 nitrogen and oxygen atoms in total. The van der Waals surface area contributed by atoms with E-state index in [1.165, 1.54) is 0 Å². The van der Waals surface area contributed by atoms with Crippen LogP contribution in [0, 0.1) is 5.41 Å². The first kappa shape index (κ1) is 9.84. The lowest BCUT2D eigenvalue weighted by Crippen LogP contribution is -2.00. The van der Waals surface area contributed by atoms with Crippen LogP contribution in [0.25, 0.3) is 12.2 Å². The van der Waals surface area contributed by atoms with Crippen molar-refractivity contribution in [3.63, 3.8) is 0 Å². The number of hydrogen-bond acceptors (Lipinski definition) is 2. The Balaban J connectivity index is 2.67. The highest BCUT2D eigenvalue weighted by Gasteiger charge is 2.14. The highest BCUT2D eigenvalue weighted by molar-refractivity contribution is 5.83. The number of fused-ring (bicyclic) bond motifs is 1. The van der Waals surface area contributed by atoms with Crippen molar-refractivity contribution in [2.75, 3.05) is 11.5 Å². The molecule has 0 heterocycles. The van der Waals surface area contributed by atoms with Crippen molar-refractivity contribution in [1.29, 1.82) is 0 Å². The first-order valence-electron chi connectivity index (χ1n) is 5.06. The van der Waals surface area contributed by atoms with Gasteiger partial charge < -0.3 is 11.5 Å². The van der Waals surface area contributed by atoms with Crippen LogP contribution in [-0.4, -0.2) is 0 Å². The molecule has 0 radical (unpaired) electrons. The molecule has 15 heavy (non-hydrogen) atoms. The van der Waals surface area contributed by atoms with E-state index in [0.29, 0.717) is 0 Å². The number of allylic oxidation sites excluding steroid dienone is 2. The van der Waals surface area contributed by atoms with Gasteiger partial charge in [-0.1, -0.05) is 38.2 Å². The summed E-state index contributed by atoms with van der Waals surface area (Å²) in [7, 11) is 0. The topological polar surface area (TPSA) is 52.0 Å². The van der Waals surface area contributed by atoms with E-state index in [2.05, 4.69) is 38.2 Å². The monoisotopic (exact) mass is 200 g/mol. The standard InChI is InChI=1S/C13H16N2/c1-13(2)7-5-9-10(6-8-13)12(15)4-3-11(9)14/h3-8H,14-15H2,1-2H3.